The summed E-state index contributed by atoms with van der Waals surface area (Å²) in [5, 5.41) is 4.12. The second-order valence-electron chi connectivity index (χ2n) is 9.10. The van der Waals surface area contributed by atoms with E-state index in [9.17, 15) is 4.79 Å². The first-order chi connectivity index (χ1) is 18.1. The molecule has 1 atom stereocenters. The van der Waals surface area contributed by atoms with Crippen molar-refractivity contribution in [1.29, 1.82) is 0 Å². The molecule has 4 N–H and O–H groups in total. The lowest BCUT2D eigenvalue weighted by Gasteiger charge is -2.13. The summed E-state index contributed by atoms with van der Waals surface area (Å²) in [6, 6.07) is 19.6. The Bertz CT molecular complexity index is 1620. The van der Waals surface area contributed by atoms with Crippen LogP contribution in [-0.2, 0) is 11.2 Å². The molecule has 0 saturated heterocycles. The third-order valence-corrected chi connectivity index (χ3v) is 6.47. The highest BCUT2D eigenvalue weighted by Crippen LogP contribution is 2.36. The van der Waals surface area contributed by atoms with Crippen LogP contribution in [0.5, 0.6) is 5.75 Å². The third-order valence-electron chi connectivity index (χ3n) is 6.47. The van der Waals surface area contributed by atoms with Crippen molar-refractivity contribution in [2.24, 2.45) is 5.73 Å². The second kappa shape index (κ2) is 9.72. The maximum Gasteiger partial charge on any atom is 0.256 e. The van der Waals surface area contributed by atoms with E-state index >= 15 is 0 Å². The van der Waals surface area contributed by atoms with Crippen LogP contribution in [0.2, 0.25) is 0 Å². The second-order valence-corrected chi connectivity index (χ2v) is 9.10. The number of amides is 1. The molecule has 0 bridgehead atoms. The molecule has 7 nitrogen and oxygen atoms in total. The Labute approximate surface area is 214 Å². The summed E-state index contributed by atoms with van der Waals surface area (Å²) < 4.78 is 6.02. The molecule has 6 rings (SSSR count). The zero-order valence-electron chi connectivity index (χ0n) is 20.0. The van der Waals surface area contributed by atoms with E-state index in [0.717, 1.165) is 33.5 Å². The van der Waals surface area contributed by atoms with Gasteiger partial charge in [0.1, 0.15) is 12.4 Å². The van der Waals surface area contributed by atoms with Gasteiger partial charge in [0.05, 0.1) is 6.20 Å². The lowest BCUT2D eigenvalue weighted by molar-refractivity contribution is -0.110. The normalized spacial score (nSPS) is 14.5. The van der Waals surface area contributed by atoms with Gasteiger partial charge in [0.2, 0.25) is 0 Å². The number of pyridine rings is 2. The maximum atomic E-state index is 12.6. The summed E-state index contributed by atoms with van der Waals surface area (Å²) in [4.78, 5) is 24.4. The van der Waals surface area contributed by atoms with E-state index in [1.807, 2.05) is 60.8 Å². The molecule has 37 heavy (non-hydrogen) atoms. The number of nitrogens with one attached hydrogen (secondary N) is 2. The molecule has 1 aliphatic rings. The fourth-order valence-corrected chi connectivity index (χ4v) is 4.64. The summed E-state index contributed by atoms with van der Waals surface area (Å²) in [5.74, 6) is 0.517. The molecule has 0 radical (unpaired) electrons. The van der Waals surface area contributed by atoms with Gasteiger partial charge in [0, 0.05) is 64.1 Å². The highest BCUT2D eigenvalue weighted by Gasteiger charge is 2.24. The molecule has 0 aliphatic carbocycles. The molecular weight excluding hydrogens is 462 g/mol. The minimum Gasteiger partial charge on any atom is -0.490 e. The number of rotatable bonds is 7. The molecular formula is C30H25N5O2. The quantitative estimate of drug-likeness (QED) is 0.278. The van der Waals surface area contributed by atoms with Crippen molar-refractivity contribution in [2.45, 2.75) is 12.5 Å². The Morgan fingerprint density at radius 2 is 1.89 bits per heavy atom. The van der Waals surface area contributed by atoms with E-state index < -0.39 is 0 Å². The predicted molar refractivity (Wildman–Crippen MR) is 146 cm³/mol. The number of nitrogens with zero attached hydrogens (tertiary/aromatic N) is 2. The monoisotopic (exact) mass is 487 g/mol. The van der Waals surface area contributed by atoms with E-state index in [-0.39, 0.29) is 11.9 Å². The van der Waals surface area contributed by atoms with E-state index in [1.54, 1.807) is 24.8 Å². The molecule has 7 heteroatoms. The molecule has 0 unspecified atom stereocenters. The number of carbonyl (C=O) groups excluding carboxylic acids is 1. The zero-order chi connectivity index (χ0) is 25.2. The minimum absolute atomic E-state index is 0.129. The number of para-hydroxylation sites is 1. The van der Waals surface area contributed by atoms with Gasteiger partial charge in [-0.25, -0.2) is 0 Å². The van der Waals surface area contributed by atoms with Gasteiger partial charge in [-0.05, 0) is 59.5 Å². The van der Waals surface area contributed by atoms with Crippen LogP contribution in [0.15, 0.2) is 91.6 Å². The fourth-order valence-electron chi connectivity index (χ4n) is 4.64. The van der Waals surface area contributed by atoms with Crippen LogP contribution >= 0.6 is 0 Å². The molecule has 2 aromatic carbocycles. The summed E-state index contributed by atoms with van der Waals surface area (Å²) in [6.45, 7) is 0.366. The molecule has 5 aromatic rings. The Balaban J connectivity index is 1.18. The van der Waals surface area contributed by atoms with Gasteiger partial charge in [-0.1, -0.05) is 30.3 Å². The lowest BCUT2D eigenvalue weighted by atomic mass is 9.99. The average Bonchev–Trinajstić information content (AvgIpc) is 3.48. The fraction of sp³-hybridized carbons (Fsp3) is 0.100. The van der Waals surface area contributed by atoms with Crippen molar-refractivity contribution in [3.8, 4) is 16.9 Å². The van der Waals surface area contributed by atoms with E-state index in [1.165, 1.54) is 10.9 Å². The van der Waals surface area contributed by atoms with Crippen molar-refractivity contribution < 1.29 is 9.53 Å². The van der Waals surface area contributed by atoms with Crippen LogP contribution in [0.4, 0.5) is 5.69 Å². The minimum atomic E-state index is -0.167. The average molecular weight is 488 g/mol. The van der Waals surface area contributed by atoms with Crippen LogP contribution in [0.3, 0.4) is 0 Å². The van der Waals surface area contributed by atoms with Gasteiger partial charge in [-0.2, -0.15) is 0 Å². The Kier molecular flexibility index (Phi) is 5.96. The van der Waals surface area contributed by atoms with E-state index in [2.05, 4.69) is 32.4 Å². The number of aromatic nitrogens is 3. The Morgan fingerprint density at radius 1 is 0.973 bits per heavy atom. The Morgan fingerprint density at radius 3 is 2.78 bits per heavy atom. The molecule has 1 aliphatic heterocycles. The molecule has 3 aromatic heterocycles. The van der Waals surface area contributed by atoms with Crippen molar-refractivity contribution in [3.63, 3.8) is 0 Å². The van der Waals surface area contributed by atoms with E-state index in [0.29, 0.717) is 24.4 Å². The van der Waals surface area contributed by atoms with Gasteiger partial charge in [-0.3, -0.25) is 14.8 Å². The van der Waals surface area contributed by atoms with Gasteiger partial charge < -0.3 is 20.8 Å². The highest BCUT2D eigenvalue weighted by atomic mass is 16.5. The molecule has 0 saturated carbocycles. The van der Waals surface area contributed by atoms with Crippen molar-refractivity contribution in [1.82, 2.24) is 15.0 Å². The summed E-state index contributed by atoms with van der Waals surface area (Å²) in [7, 11) is 0. The summed E-state index contributed by atoms with van der Waals surface area (Å²) >= 11 is 0. The van der Waals surface area contributed by atoms with Crippen LogP contribution in [0.25, 0.3) is 33.7 Å². The maximum absolute atomic E-state index is 12.6. The first kappa shape index (κ1) is 22.7. The zero-order valence-corrected chi connectivity index (χ0v) is 20.0. The molecule has 0 fully saturated rings. The van der Waals surface area contributed by atoms with Crippen LogP contribution < -0.4 is 15.8 Å². The third kappa shape index (κ3) is 4.72. The number of carbonyl (C=O) groups is 1. The number of nitrogens with two attached hydrogens (primary N) is 1. The van der Waals surface area contributed by atoms with Crippen molar-refractivity contribution in [3.05, 3.63) is 108 Å². The number of anilines is 1. The topological polar surface area (TPSA) is 106 Å². The number of ether oxygens (including phenoxy) is 1. The molecule has 1 amide bonds. The predicted octanol–water partition coefficient (Wildman–Crippen LogP) is 5.07. The number of H-pyrrole nitrogens is 1. The van der Waals surface area contributed by atoms with Crippen LogP contribution in [0, 0.1) is 0 Å². The largest absolute Gasteiger partial charge is 0.490 e. The number of benzene rings is 2. The smallest absolute Gasteiger partial charge is 0.256 e. The van der Waals surface area contributed by atoms with Gasteiger partial charge >= 0.3 is 0 Å². The lowest BCUT2D eigenvalue weighted by Crippen LogP contribution is -2.30. The van der Waals surface area contributed by atoms with Crippen LogP contribution in [-0.4, -0.2) is 33.5 Å². The van der Waals surface area contributed by atoms with Gasteiger partial charge in [0.15, 0.2) is 0 Å². The highest BCUT2D eigenvalue weighted by molar-refractivity contribution is 6.35. The molecule has 0 spiro atoms. The molecule has 182 valence electrons. The van der Waals surface area contributed by atoms with Crippen LogP contribution in [0.1, 0.15) is 16.7 Å². The number of aromatic amines is 1. The summed E-state index contributed by atoms with van der Waals surface area (Å²) in [6.07, 6.45) is 11.5. The van der Waals surface area contributed by atoms with E-state index in [4.69, 9.17) is 10.5 Å². The number of fused-ring (bicyclic) bond motifs is 2. The van der Waals surface area contributed by atoms with Crippen molar-refractivity contribution in [2.75, 3.05) is 11.9 Å². The standard InChI is InChI=1S/C30H25N5O2/c31-23(11-22-16-34-28-6-2-1-5-25(22)28)18-37-24-12-21(15-33-17-24)20-7-8-29-26(13-20)27(30(36)35-29)10-19-4-3-9-32-14-19/h1-10,12-17,23,34H,11,18,31H2,(H,35,36)/b27-10-/t23-/m0/s1. The first-order valence-corrected chi connectivity index (χ1v) is 12.1. The molecule has 4 heterocycles. The Hall–Kier alpha value is -4.75. The first-order valence-electron chi connectivity index (χ1n) is 12.1. The number of hydrogen-bond donors (Lipinski definition) is 3. The van der Waals surface area contributed by atoms with Gasteiger partial charge in [0.25, 0.3) is 5.91 Å². The summed E-state index contributed by atoms with van der Waals surface area (Å²) in [5.41, 5.74) is 13.6. The van der Waals surface area contributed by atoms with Crippen molar-refractivity contribution >= 4 is 34.1 Å². The van der Waals surface area contributed by atoms with Gasteiger partial charge in [-0.15, -0.1) is 0 Å². The number of hydrogen-bond acceptors (Lipinski definition) is 5. The SMILES string of the molecule is N[C@H](COc1cncc(-c2ccc3c(c2)/C(=C/c2cccnc2)C(=O)N3)c1)Cc1c[nH]c2ccccc12.